The zero-order valence-corrected chi connectivity index (χ0v) is 20.7. The molecule has 0 radical (unpaired) electrons. The topological polar surface area (TPSA) is 46.5 Å². The number of hydrogen-bond donors (Lipinski definition) is 1. The largest absolute Gasteiger partial charge is 0.507 e. The maximum Gasteiger partial charge on any atom is 0.339 e. The van der Waals surface area contributed by atoms with Crippen LogP contribution < -0.4 is 0 Å². The number of aromatic hydroxyl groups is 1. The number of benzene rings is 1. The van der Waals surface area contributed by atoms with Gasteiger partial charge in [-0.15, -0.1) is 11.8 Å². The van der Waals surface area contributed by atoms with Crippen LogP contribution in [0.5, 0.6) is 5.75 Å². The van der Waals surface area contributed by atoms with Gasteiger partial charge in [0.1, 0.15) is 5.75 Å². The van der Waals surface area contributed by atoms with E-state index in [1.54, 1.807) is 11.8 Å². The fourth-order valence-electron chi connectivity index (χ4n) is 3.49. The summed E-state index contributed by atoms with van der Waals surface area (Å²) in [4.78, 5) is 13.7. The van der Waals surface area contributed by atoms with Crippen LogP contribution in [-0.4, -0.2) is 23.4 Å². The molecule has 0 heterocycles. The number of esters is 1. The summed E-state index contributed by atoms with van der Waals surface area (Å²) in [6, 6.07) is 1.85. The van der Waals surface area contributed by atoms with E-state index < -0.39 is 0 Å². The van der Waals surface area contributed by atoms with Crippen LogP contribution in [0.2, 0.25) is 0 Å². The van der Waals surface area contributed by atoms with Gasteiger partial charge in [-0.2, -0.15) is 0 Å². The lowest BCUT2D eigenvalue weighted by atomic mass is 9.78. The van der Waals surface area contributed by atoms with Crippen molar-refractivity contribution in [3.63, 3.8) is 0 Å². The fourth-order valence-corrected chi connectivity index (χ4v) is 4.89. The van der Waals surface area contributed by atoms with E-state index in [-0.39, 0.29) is 16.8 Å². The van der Waals surface area contributed by atoms with Gasteiger partial charge in [-0.25, -0.2) is 4.79 Å². The molecule has 0 spiro atoms. The molecule has 1 aromatic rings. The summed E-state index contributed by atoms with van der Waals surface area (Å²) < 4.78 is 5.38. The van der Waals surface area contributed by atoms with E-state index in [1.807, 2.05) is 13.0 Å². The van der Waals surface area contributed by atoms with E-state index in [4.69, 9.17) is 4.74 Å². The Bertz CT molecular complexity index is 666. The van der Waals surface area contributed by atoms with Crippen LogP contribution in [0.25, 0.3) is 0 Å². The van der Waals surface area contributed by atoms with Gasteiger partial charge in [0.15, 0.2) is 0 Å². The molecule has 0 aliphatic rings. The number of thioether (sulfide) groups is 1. The Labute approximate surface area is 183 Å². The van der Waals surface area contributed by atoms with Crippen molar-refractivity contribution < 1.29 is 14.6 Å². The molecule has 1 aromatic carbocycles. The molecule has 0 unspecified atom stereocenters. The number of phenols is 1. The van der Waals surface area contributed by atoms with Gasteiger partial charge in [-0.3, -0.25) is 0 Å². The molecular formula is C25H42O3S. The Morgan fingerprint density at radius 2 is 1.55 bits per heavy atom. The predicted octanol–water partition coefficient (Wildman–Crippen LogP) is 7.62. The molecule has 0 atom stereocenters. The van der Waals surface area contributed by atoms with E-state index in [0.29, 0.717) is 17.9 Å². The van der Waals surface area contributed by atoms with Crippen LogP contribution in [0.1, 0.15) is 115 Å². The highest BCUT2D eigenvalue weighted by Gasteiger charge is 2.32. The van der Waals surface area contributed by atoms with Crippen LogP contribution in [0.15, 0.2) is 11.0 Å². The Hall–Kier alpha value is -1.16. The third-order valence-electron chi connectivity index (χ3n) is 5.05. The second kappa shape index (κ2) is 11.3. The number of carbonyl (C=O) groups is 1. The molecular weight excluding hydrogens is 380 g/mol. The summed E-state index contributed by atoms with van der Waals surface area (Å²) in [5.41, 5.74) is 1.71. The summed E-state index contributed by atoms with van der Waals surface area (Å²) in [5, 5.41) is 11.2. The average Bonchev–Trinajstić information content (AvgIpc) is 2.58. The Morgan fingerprint density at radius 3 is 2.07 bits per heavy atom. The standard InChI is InChI=1S/C25H42O3S/c1-9-11-12-13-14-15-16-29-22-18(23(27)28-10-2)17-19(24(3,4)5)21(26)20(22)25(6,7)8/h17,26H,9-16H2,1-8H3. The molecule has 1 N–H and O–H groups in total. The molecule has 0 aliphatic carbocycles. The van der Waals surface area contributed by atoms with Crippen molar-refractivity contribution in [1.82, 2.24) is 0 Å². The first-order valence-electron chi connectivity index (χ1n) is 11.2. The van der Waals surface area contributed by atoms with E-state index in [0.717, 1.165) is 28.2 Å². The van der Waals surface area contributed by atoms with Crippen LogP contribution in [0.4, 0.5) is 0 Å². The lowest BCUT2D eigenvalue weighted by molar-refractivity contribution is 0.0521. The van der Waals surface area contributed by atoms with Crippen LogP contribution in [0, 0.1) is 0 Å². The molecule has 0 amide bonds. The van der Waals surface area contributed by atoms with E-state index in [1.165, 1.54) is 32.1 Å². The minimum atomic E-state index is -0.297. The SMILES string of the molecule is CCCCCCCCSc1c(C(=O)OCC)cc(C(C)(C)C)c(O)c1C(C)(C)C. The summed E-state index contributed by atoms with van der Waals surface area (Å²) in [7, 11) is 0. The molecule has 3 nitrogen and oxygen atoms in total. The van der Waals surface area contributed by atoms with Gasteiger partial charge in [0.25, 0.3) is 0 Å². The van der Waals surface area contributed by atoms with Crippen molar-refractivity contribution in [3.8, 4) is 5.75 Å². The summed E-state index contributed by atoms with van der Waals surface area (Å²) in [6.45, 7) is 16.9. The first-order valence-corrected chi connectivity index (χ1v) is 12.1. The number of carbonyl (C=O) groups excluding carboxylic acids is 1. The molecule has 0 bridgehead atoms. The van der Waals surface area contributed by atoms with Gasteiger partial charge >= 0.3 is 5.97 Å². The van der Waals surface area contributed by atoms with Crippen LogP contribution in [-0.2, 0) is 15.6 Å². The highest BCUT2D eigenvalue weighted by atomic mass is 32.2. The van der Waals surface area contributed by atoms with Gasteiger partial charge in [0.05, 0.1) is 12.2 Å². The normalized spacial score (nSPS) is 12.3. The minimum Gasteiger partial charge on any atom is -0.507 e. The maximum atomic E-state index is 12.8. The van der Waals surface area contributed by atoms with E-state index in [9.17, 15) is 9.90 Å². The predicted molar refractivity (Wildman–Crippen MR) is 126 cm³/mol. The lowest BCUT2D eigenvalue weighted by Crippen LogP contribution is -2.21. The highest BCUT2D eigenvalue weighted by Crippen LogP contribution is 2.46. The average molecular weight is 423 g/mol. The molecule has 166 valence electrons. The molecule has 29 heavy (non-hydrogen) atoms. The minimum absolute atomic E-state index is 0.270. The van der Waals surface area contributed by atoms with E-state index >= 15 is 0 Å². The Morgan fingerprint density at radius 1 is 0.966 bits per heavy atom. The number of rotatable bonds is 10. The summed E-state index contributed by atoms with van der Waals surface area (Å²) in [6.07, 6.45) is 7.44. The second-order valence-corrected chi connectivity index (χ2v) is 11.0. The first kappa shape index (κ1) is 25.9. The van der Waals surface area contributed by atoms with Crippen molar-refractivity contribution in [2.45, 2.75) is 110 Å². The second-order valence-electron chi connectivity index (χ2n) is 9.86. The number of hydrogen-bond acceptors (Lipinski definition) is 4. The molecule has 0 fully saturated rings. The maximum absolute atomic E-state index is 12.8. The van der Waals surface area contributed by atoms with Crippen molar-refractivity contribution in [2.24, 2.45) is 0 Å². The Balaban J connectivity index is 3.31. The van der Waals surface area contributed by atoms with Gasteiger partial charge in [0.2, 0.25) is 0 Å². The van der Waals surface area contributed by atoms with Gasteiger partial charge in [0, 0.05) is 16.0 Å². The van der Waals surface area contributed by atoms with Crippen molar-refractivity contribution >= 4 is 17.7 Å². The highest BCUT2D eigenvalue weighted by molar-refractivity contribution is 7.99. The van der Waals surface area contributed by atoms with Crippen LogP contribution >= 0.6 is 11.8 Å². The van der Waals surface area contributed by atoms with Gasteiger partial charge in [-0.1, -0.05) is 80.6 Å². The summed E-state index contributed by atoms with van der Waals surface area (Å²) in [5.74, 6) is 0.966. The van der Waals surface area contributed by atoms with Gasteiger partial charge in [-0.05, 0) is 36.0 Å². The lowest BCUT2D eigenvalue weighted by Gasteiger charge is -2.30. The van der Waals surface area contributed by atoms with Crippen molar-refractivity contribution in [3.05, 3.63) is 22.8 Å². The van der Waals surface area contributed by atoms with Crippen molar-refractivity contribution in [2.75, 3.05) is 12.4 Å². The first-order chi connectivity index (χ1) is 13.4. The van der Waals surface area contributed by atoms with Crippen molar-refractivity contribution in [1.29, 1.82) is 0 Å². The number of ether oxygens (including phenoxy) is 1. The van der Waals surface area contributed by atoms with Crippen LogP contribution in [0.3, 0.4) is 0 Å². The molecule has 0 saturated heterocycles. The number of phenolic OH excluding ortho intramolecular Hbond substituents is 1. The monoisotopic (exact) mass is 422 g/mol. The molecule has 0 aliphatic heterocycles. The Kier molecular flexibility index (Phi) is 10.1. The third-order valence-corrected chi connectivity index (χ3v) is 6.26. The quantitative estimate of drug-likeness (QED) is 0.239. The zero-order chi connectivity index (χ0) is 22.2. The van der Waals surface area contributed by atoms with E-state index in [2.05, 4.69) is 48.5 Å². The van der Waals surface area contributed by atoms with Gasteiger partial charge < -0.3 is 9.84 Å². The number of unbranched alkanes of at least 4 members (excludes halogenated alkanes) is 5. The zero-order valence-electron chi connectivity index (χ0n) is 19.9. The molecule has 0 saturated carbocycles. The smallest absolute Gasteiger partial charge is 0.339 e. The molecule has 4 heteroatoms. The fraction of sp³-hybridized carbons (Fsp3) is 0.720. The summed E-state index contributed by atoms with van der Waals surface area (Å²) >= 11 is 1.69. The molecule has 0 aromatic heterocycles. The third kappa shape index (κ3) is 7.55. The molecule has 1 rings (SSSR count).